The molecule has 5 nitrogen and oxygen atoms in total. The van der Waals surface area contributed by atoms with Gasteiger partial charge < -0.3 is 14.4 Å². The van der Waals surface area contributed by atoms with Crippen molar-refractivity contribution in [2.24, 2.45) is 0 Å². The molecule has 0 bridgehead atoms. The largest absolute Gasteiger partial charge is 0.481 e. The number of fused-ring (bicyclic) bond motifs is 1. The van der Waals surface area contributed by atoms with Gasteiger partial charge in [-0.1, -0.05) is 0 Å². The monoisotopic (exact) mass is 234 g/mol. The molecule has 0 unspecified atom stereocenters. The van der Waals surface area contributed by atoms with Crippen molar-refractivity contribution < 1.29 is 14.3 Å². The number of hydrogen-bond donors (Lipinski definition) is 0. The molecule has 1 amide bonds. The maximum atomic E-state index is 12.2. The van der Waals surface area contributed by atoms with E-state index in [1.54, 1.807) is 25.4 Å². The Bertz CT molecular complexity index is 432. The highest BCUT2D eigenvalue weighted by atomic mass is 16.6. The lowest BCUT2D eigenvalue weighted by atomic mass is 10.1. The molecule has 2 aliphatic rings. The van der Waals surface area contributed by atoms with E-state index < -0.39 is 0 Å². The first-order valence-corrected chi connectivity index (χ1v) is 5.72. The average molecular weight is 234 g/mol. The molecule has 3 heterocycles. The van der Waals surface area contributed by atoms with Crippen molar-refractivity contribution in [2.45, 2.75) is 18.6 Å². The molecule has 2 atom stereocenters. The summed E-state index contributed by atoms with van der Waals surface area (Å²) in [5, 5.41) is 0. The van der Waals surface area contributed by atoms with E-state index in [-0.39, 0.29) is 12.0 Å². The predicted octanol–water partition coefficient (Wildman–Crippen LogP) is 0.704. The first-order chi connectivity index (χ1) is 8.28. The zero-order valence-corrected chi connectivity index (χ0v) is 9.63. The summed E-state index contributed by atoms with van der Waals surface area (Å²) in [5.41, 5.74) is 0.602. The van der Waals surface area contributed by atoms with E-state index in [1.165, 1.54) is 0 Å². The third-order valence-corrected chi connectivity index (χ3v) is 3.25. The van der Waals surface area contributed by atoms with Gasteiger partial charge in [-0.15, -0.1) is 0 Å². The number of hydrogen-bond acceptors (Lipinski definition) is 4. The number of piperidine rings is 1. The number of likely N-dealkylation sites (tertiary alicyclic amines) is 1. The molecule has 0 spiro atoms. The second-order valence-electron chi connectivity index (χ2n) is 4.34. The molecule has 0 aromatic carbocycles. The van der Waals surface area contributed by atoms with Gasteiger partial charge in [0.15, 0.2) is 0 Å². The molecule has 2 aliphatic heterocycles. The molecule has 3 rings (SSSR count). The minimum Gasteiger partial charge on any atom is -0.481 e. The lowest BCUT2D eigenvalue weighted by Crippen LogP contribution is -2.39. The van der Waals surface area contributed by atoms with Crippen molar-refractivity contribution in [3.05, 3.63) is 23.9 Å². The molecule has 0 aliphatic carbocycles. The Kier molecular flexibility index (Phi) is 2.48. The van der Waals surface area contributed by atoms with Crippen LogP contribution in [0.15, 0.2) is 18.3 Å². The van der Waals surface area contributed by atoms with E-state index >= 15 is 0 Å². The van der Waals surface area contributed by atoms with Crippen LogP contribution < -0.4 is 4.74 Å². The van der Waals surface area contributed by atoms with Gasteiger partial charge in [0, 0.05) is 25.4 Å². The van der Waals surface area contributed by atoms with Crippen LogP contribution >= 0.6 is 0 Å². The molecule has 5 heteroatoms. The lowest BCUT2D eigenvalue weighted by Gasteiger charge is -2.24. The molecule has 17 heavy (non-hydrogen) atoms. The van der Waals surface area contributed by atoms with Crippen LogP contribution in [0.4, 0.5) is 0 Å². The van der Waals surface area contributed by atoms with Crippen LogP contribution in [-0.2, 0) is 4.74 Å². The number of methoxy groups -OCH3 is 1. The van der Waals surface area contributed by atoms with Gasteiger partial charge in [0.05, 0.1) is 18.8 Å². The smallest absolute Gasteiger partial charge is 0.255 e. The summed E-state index contributed by atoms with van der Waals surface area (Å²) >= 11 is 0. The normalized spacial score (nSPS) is 26.3. The number of rotatable bonds is 2. The minimum absolute atomic E-state index is 0.0223. The van der Waals surface area contributed by atoms with Gasteiger partial charge in [-0.3, -0.25) is 4.79 Å². The standard InChI is InChI=1S/C12H14N2O3/c1-16-11-3-2-8(6-13-11)12(15)14-5-4-9-10(7-14)17-9/h2-3,6,9-10H,4-5,7H2,1H3/t9-,10-/m1/s1. The molecule has 2 saturated heterocycles. The van der Waals surface area contributed by atoms with Gasteiger partial charge in [-0.25, -0.2) is 4.98 Å². The Morgan fingerprint density at radius 1 is 1.53 bits per heavy atom. The van der Waals surface area contributed by atoms with Crippen LogP contribution in [-0.4, -0.2) is 48.2 Å². The Labute approximate surface area is 99.3 Å². The van der Waals surface area contributed by atoms with Crippen LogP contribution in [0.2, 0.25) is 0 Å². The molecule has 0 saturated carbocycles. The van der Waals surface area contributed by atoms with Crippen LogP contribution in [0.1, 0.15) is 16.8 Å². The second kappa shape index (κ2) is 4.00. The predicted molar refractivity (Wildman–Crippen MR) is 60.0 cm³/mol. The summed E-state index contributed by atoms with van der Waals surface area (Å²) < 4.78 is 10.4. The van der Waals surface area contributed by atoms with Crippen molar-refractivity contribution >= 4 is 5.91 Å². The molecule has 0 radical (unpaired) electrons. The molecule has 90 valence electrons. The third-order valence-electron chi connectivity index (χ3n) is 3.25. The minimum atomic E-state index is 0.0223. The van der Waals surface area contributed by atoms with Crippen LogP contribution in [0, 0.1) is 0 Å². The van der Waals surface area contributed by atoms with Gasteiger partial charge in [0.2, 0.25) is 5.88 Å². The van der Waals surface area contributed by atoms with Gasteiger partial charge >= 0.3 is 0 Å². The fourth-order valence-corrected chi connectivity index (χ4v) is 2.18. The van der Waals surface area contributed by atoms with Crippen LogP contribution in [0.3, 0.4) is 0 Å². The molecule has 1 aromatic heterocycles. The summed E-state index contributed by atoms with van der Waals surface area (Å²) in [7, 11) is 1.55. The van der Waals surface area contributed by atoms with Crippen molar-refractivity contribution in [1.29, 1.82) is 0 Å². The van der Waals surface area contributed by atoms with Crippen molar-refractivity contribution in [2.75, 3.05) is 20.2 Å². The fourth-order valence-electron chi connectivity index (χ4n) is 2.18. The first-order valence-electron chi connectivity index (χ1n) is 5.72. The van der Waals surface area contributed by atoms with Gasteiger partial charge in [-0.05, 0) is 12.5 Å². The first kappa shape index (κ1) is 10.5. The van der Waals surface area contributed by atoms with E-state index in [1.807, 2.05) is 4.90 Å². The number of epoxide rings is 1. The SMILES string of the molecule is COc1ccc(C(=O)N2CC[C@H]3O[C@@H]3C2)cn1. The number of carbonyl (C=O) groups is 1. The molecular weight excluding hydrogens is 220 g/mol. The molecular formula is C12H14N2O3. The topological polar surface area (TPSA) is 55.0 Å². The average Bonchev–Trinajstić information content (AvgIpc) is 3.16. The van der Waals surface area contributed by atoms with Gasteiger partial charge in [0.25, 0.3) is 5.91 Å². The highest BCUT2D eigenvalue weighted by Crippen LogP contribution is 2.31. The summed E-state index contributed by atoms with van der Waals surface area (Å²) in [6, 6.07) is 3.45. The zero-order chi connectivity index (χ0) is 11.8. The lowest BCUT2D eigenvalue weighted by molar-refractivity contribution is 0.0736. The number of carbonyl (C=O) groups excluding carboxylic acids is 1. The maximum absolute atomic E-state index is 12.2. The van der Waals surface area contributed by atoms with Crippen LogP contribution in [0.25, 0.3) is 0 Å². The molecule has 2 fully saturated rings. The van der Waals surface area contributed by atoms with E-state index in [0.29, 0.717) is 24.1 Å². The van der Waals surface area contributed by atoms with E-state index in [2.05, 4.69) is 4.98 Å². The van der Waals surface area contributed by atoms with Crippen molar-refractivity contribution in [3.8, 4) is 5.88 Å². The highest BCUT2D eigenvalue weighted by Gasteiger charge is 2.44. The number of nitrogens with zero attached hydrogens (tertiary/aromatic N) is 2. The zero-order valence-electron chi connectivity index (χ0n) is 9.63. The van der Waals surface area contributed by atoms with E-state index in [0.717, 1.165) is 13.0 Å². The highest BCUT2D eigenvalue weighted by molar-refractivity contribution is 5.94. The summed E-state index contributed by atoms with van der Waals surface area (Å²) in [5.74, 6) is 0.542. The number of amides is 1. The number of ether oxygens (including phenoxy) is 2. The van der Waals surface area contributed by atoms with Crippen molar-refractivity contribution in [1.82, 2.24) is 9.88 Å². The summed E-state index contributed by atoms with van der Waals surface area (Å²) in [6.45, 7) is 1.47. The number of pyridine rings is 1. The second-order valence-corrected chi connectivity index (χ2v) is 4.34. The third kappa shape index (κ3) is 1.98. The quantitative estimate of drug-likeness (QED) is 0.707. The fraction of sp³-hybridized carbons (Fsp3) is 0.500. The van der Waals surface area contributed by atoms with E-state index in [4.69, 9.17) is 9.47 Å². The molecule has 0 N–H and O–H groups in total. The Hall–Kier alpha value is -1.62. The van der Waals surface area contributed by atoms with Crippen molar-refractivity contribution in [3.63, 3.8) is 0 Å². The van der Waals surface area contributed by atoms with Gasteiger partial charge in [-0.2, -0.15) is 0 Å². The number of aromatic nitrogens is 1. The Balaban J connectivity index is 1.71. The Morgan fingerprint density at radius 3 is 3.06 bits per heavy atom. The molecule has 1 aromatic rings. The van der Waals surface area contributed by atoms with E-state index in [9.17, 15) is 4.79 Å². The summed E-state index contributed by atoms with van der Waals surface area (Å²) in [4.78, 5) is 18.0. The maximum Gasteiger partial charge on any atom is 0.255 e. The Morgan fingerprint density at radius 2 is 2.41 bits per heavy atom. The summed E-state index contributed by atoms with van der Waals surface area (Å²) in [6.07, 6.45) is 3.16. The van der Waals surface area contributed by atoms with Gasteiger partial charge in [0.1, 0.15) is 6.10 Å². The van der Waals surface area contributed by atoms with Crippen LogP contribution in [0.5, 0.6) is 5.88 Å².